The molecule has 0 aliphatic rings. The van der Waals surface area contributed by atoms with E-state index in [1.165, 1.54) is 77.3 Å². The number of hydrogen-bond acceptors (Lipinski definition) is 1. The average Bonchev–Trinajstić information content (AvgIpc) is 2.34. The van der Waals surface area contributed by atoms with Crippen LogP contribution >= 0.6 is 0 Å². The normalized spacial score (nSPS) is 13.0. The zero-order valence-electron chi connectivity index (χ0n) is 15.4. The summed E-state index contributed by atoms with van der Waals surface area (Å²) >= 11 is 0. The van der Waals surface area contributed by atoms with Crippen LogP contribution in [0.15, 0.2) is 0 Å². The van der Waals surface area contributed by atoms with Crippen LogP contribution in [-0.4, -0.2) is 44.8 Å². The third kappa shape index (κ3) is 20.4. The number of nitrogens with zero attached hydrogens (tertiary/aromatic N) is 1. The summed E-state index contributed by atoms with van der Waals surface area (Å²) in [4.78, 5) is 0. The van der Waals surface area contributed by atoms with Gasteiger partial charge in [0.2, 0.25) is 0 Å². The number of quaternary nitrogens is 1. The molecule has 1 N–H and O–H groups in total. The Labute approximate surface area is 145 Å². The van der Waals surface area contributed by atoms with Crippen molar-refractivity contribution in [1.82, 2.24) is 5.32 Å². The van der Waals surface area contributed by atoms with E-state index in [-0.39, 0.29) is 17.0 Å². The molecule has 0 saturated heterocycles. The first kappa shape index (κ1) is 23.7. The van der Waals surface area contributed by atoms with Crippen molar-refractivity contribution in [2.24, 2.45) is 0 Å². The molecule has 0 spiro atoms. The van der Waals surface area contributed by atoms with Gasteiger partial charge in [0.05, 0.1) is 33.7 Å². The quantitative estimate of drug-likeness (QED) is 0.364. The standard InChI is InChI=1S/C18H41N2.BrH/c1-6-7-8-9-10-11-12-13-14-15-16-19-18(2)17-20(3,4)5;/h18-19H,6-17H2,1-5H3;1H/q+1;/p-1. The Balaban J connectivity index is 0. The second-order valence-corrected chi connectivity index (χ2v) is 7.51. The fourth-order valence-electron chi connectivity index (χ4n) is 2.85. The number of nitrogens with one attached hydrogen (secondary N) is 1. The molecule has 0 aromatic carbocycles. The maximum Gasteiger partial charge on any atom is 0.0933 e. The molecule has 130 valence electrons. The molecule has 0 aromatic heterocycles. The minimum atomic E-state index is 0. The summed E-state index contributed by atoms with van der Waals surface area (Å²) in [5.41, 5.74) is 0. The van der Waals surface area contributed by atoms with Crippen molar-refractivity contribution in [2.45, 2.75) is 84.1 Å². The van der Waals surface area contributed by atoms with Crippen LogP contribution in [0.2, 0.25) is 0 Å². The van der Waals surface area contributed by atoms with E-state index in [2.05, 4.69) is 40.3 Å². The van der Waals surface area contributed by atoms with Crippen LogP contribution in [0.5, 0.6) is 0 Å². The van der Waals surface area contributed by atoms with Gasteiger partial charge in [-0.1, -0.05) is 64.7 Å². The number of likely N-dealkylation sites (N-methyl/N-ethyl adjacent to an activating group) is 1. The fourth-order valence-corrected chi connectivity index (χ4v) is 2.85. The smallest absolute Gasteiger partial charge is 0.0933 e. The van der Waals surface area contributed by atoms with E-state index in [9.17, 15) is 0 Å². The van der Waals surface area contributed by atoms with E-state index in [1.807, 2.05) is 0 Å². The van der Waals surface area contributed by atoms with Crippen LogP contribution in [-0.2, 0) is 0 Å². The van der Waals surface area contributed by atoms with Crippen molar-refractivity contribution in [3.05, 3.63) is 0 Å². The van der Waals surface area contributed by atoms with Gasteiger partial charge in [-0.3, -0.25) is 0 Å². The summed E-state index contributed by atoms with van der Waals surface area (Å²) in [6.45, 7) is 6.99. The van der Waals surface area contributed by atoms with Gasteiger partial charge in [0.25, 0.3) is 0 Å². The molecule has 0 bridgehead atoms. The van der Waals surface area contributed by atoms with Crippen LogP contribution in [0, 0.1) is 0 Å². The maximum absolute atomic E-state index is 3.65. The van der Waals surface area contributed by atoms with Crippen LogP contribution in [0.4, 0.5) is 0 Å². The van der Waals surface area contributed by atoms with Crippen LogP contribution in [0.1, 0.15) is 78.1 Å². The van der Waals surface area contributed by atoms with Crippen LogP contribution in [0.3, 0.4) is 0 Å². The highest BCUT2D eigenvalue weighted by Crippen LogP contribution is 2.10. The van der Waals surface area contributed by atoms with E-state index in [0.29, 0.717) is 6.04 Å². The summed E-state index contributed by atoms with van der Waals surface area (Å²) in [6, 6.07) is 0.633. The van der Waals surface area contributed by atoms with Gasteiger partial charge in [0.15, 0.2) is 0 Å². The molecule has 0 saturated carbocycles. The van der Waals surface area contributed by atoms with Crippen molar-refractivity contribution in [2.75, 3.05) is 34.2 Å². The molecule has 3 heteroatoms. The molecule has 0 aromatic rings. The molecule has 21 heavy (non-hydrogen) atoms. The summed E-state index contributed by atoms with van der Waals surface area (Å²) in [5, 5.41) is 3.65. The summed E-state index contributed by atoms with van der Waals surface area (Å²) in [7, 11) is 6.79. The molecule has 0 fully saturated rings. The van der Waals surface area contributed by atoms with Gasteiger partial charge in [-0.15, -0.1) is 0 Å². The molecule has 0 radical (unpaired) electrons. The lowest BCUT2D eigenvalue weighted by Crippen LogP contribution is -3.00. The van der Waals surface area contributed by atoms with Gasteiger partial charge < -0.3 is 26.8 Å². The monoisotopic (exact) mass is 364 g/mol. The van der Waals surface area contributed by atoms with E-state index in [4.69, 9.17) is 0 Å². The van der Waals surface area contributed by atoms with Crippen molar-refractivity contribution >= 4 is 0 Å². The highest BCUT2D eigenvalue weighted by atomic mass is 79.9. The number of hydrogen-bond donors (Lipinski definition) is 1. The molecule has 0 aliphatic heterocycles. The Kier molecular flexibility index (Phi) is 17.2. The third-order valence-electron chi connectivity index (χ3n) is 3.84. The second-order valence-electron chi connectivity index (χ2n) is 7.51. The predicted octanol–water partition coefficient (Wildman–Crippen LogP) is 1.60. The lowest BCUT2D eigenvalue weighted by Gasteiger charge is -2.28. The predicted molar refractivity (Wildman–Crippen MR) is 92.2 cm³/mol. The molecule has 0 aliphatic carbocycles. The maximum atomic E-state index is 3.65. The second kappa shape index (κ2) is 15.3. The Bertz CT molecular complexity index is 202. The van der Waals surface area contributed by atoms with E-state index < -0.39 is 0 Å². The van der Waals surface area contributed by atoms with Crippen LogP contribution in [0.25, 0.3) is 0 Å². The first-order valence-electron chi connectivity index (χ1n) is 8.99. The molecular formula is C18H41BrN2. The summed E-state index contributed by atoms with van der Waals surface area (Å²) < 4.78 is 1.05. The molecule has 2 nitrogen and oxygen atoms in total. The van der Waals surface area contributed by atoms with E-state index in [1.54, 1.807) is 0 Å². The van der Waals surface area contributed by atoms with Gasteiger partial charge in [0, 0.05) is 0 Å². The zero-order valence-corrected chi connectivity index (χ0v) is 17.0. The van der Waals surface area contributed by atoms with Gasteiger partial charge >= 0.3 is 0 Å². The summed E-state index contributed by atoms with van der Waals surface area (Å²) in [5.74, 6) is 0. The Morgan fingerprint density at radius 3 is 1.62 bits per heavy atom. The highest BCUT2D eigenvalue weighted by Gasteiger charge is 2.12. The van der Waals surface area contributed by atoms with Gasteiger partial charge in [-0.25, -0.2) is 0 Å². The van der Waals surface area contributed by atoms with E-state index >= 15 is 0 Å². The molecular weight excluding hydrogens is 324 g/mol. The van der Waals surface area contributed by atoms with Gasteiger partial charge in [-0.2, -0.15) is 0 Å². The first-order chi connectivity index (χ1) is 9.45. The van der Waals surface area contributed by atoms with Crippen molar-refractivity contribution < 1.29 is 21.5 Å². The SMILES string of the molecule is CCCCCCCCCCCCNC(C)C[N+](C)(C)C.[Br-]. The minimum absolute atomic E-state index is 0. The molecule has 1 unspecified atom stereocenters. The lowest BCUT2D eigenvalue weighted by molar-refractivity contribution is -0.871. The topological polar surface area (TPSA) is 12.0 Å². The largest absolute Gasteiger partial charge is 1.00 e. The highest BCUT2D eigenvalue weighted by molar-refractivity contribution is 4.59. The van der Waals surface area contributed by atoms with Gasteiger partial charge in [0.1, 0.15) is 0 Å². The van der Waals surface area contributed by atoms with Crippen molar-refractivity contribution in [3.63, 3.8) is 0 Å². The molecule has 1 atom stereocenters. The third-order valence-corrected chi connectivity index (χ3v) is 3.84. The molecule has 0 rings (SSSR count). The van der Waals surface area contributed by atoms with Crippen LogP contribution < -0.4 is 22.3 Å². The Hall–Kier alpha value is 0.400. The molecule has 0 heterocycles. The number of unbranched alkanes of at least 4 members (excludes halogenated alkanes) is 9. The average molecular weight is 365 g/mol. The number of halogens is 1. The molecule has 0 amide bonds. The fraction of sp³-hybridized carbons (Fsp3) is 1.00. The zero-order chi connectivity index (χ0) is 15.3. The Morgan fingerprint density at radius 1 is 0.762 bits per heavy atom. The van der Waals surface area contributed by atoms with Gasteiger partial charge in [-0.05, 0) is 19.9 Å². The van der Waals surface area contributed by atoms with Crippen molar-refractivity contribution in [3.8, 4) is 0 Å². The Morgan fingerprint density at radius 2 is 1.19 bits per heavy atom. The minimum Gasteiger partial charge on any atom is -1.00 e. The van der Waals surface area contributed by atoms with E-state index in [0.717, 1.165) is 4.48 Å². The van der Waals surface area contributed by atoms with Crippen molar-refractivity contribution in [1.29, 1.82) is 0 Å². The summed E-state index contributed by atoms with van der Waals surface area (Å²) in [6.07, 6.45) is 14.2. The first-order valence-corrected chi connectivity index (χ1v) is 8.99. The number of rotatable bonds is 14. The lowest BCUT2D eigenvalue weighted by atomic mass is 10.1.